The molecule has 1 aromatic carbocycles. The van der Waals surface area contributed by atoms with Gasteiger partial charge in [-0.1, -0.05) is 18.2 Å². The minimum atomic E-state index is -0.549. The van der Waals surface area contributed by atoms with Crippen LogP contribution in [0.15, 0.2) is 30.3 Å². The zero-order valence-electron chi connectivity index (χ0n) is 9.91. The van der Waals surface area contributed by atoms with E-state index in [1.807, 2.05) is 30.3 Å². The standard InChI is InChI=1S/C13H19N3O/c14-13(7-8-13)12(17)16-10-4-9-15-11-5-2-1-3-6-11/h1-3,5-6,15H,4,7-10,14H2,(H,16,17). The molecule has 4 heteroatoms. The van der Waals surface area contributed by atoms with Gasteiger partial charge in [0.1, 0.15) is 0 Å². The van der Waals surface area contributed by atoms with Crippen molar-refractivity contribution in [2.45, 2.75) is 24.8 Å². The van der Waals surface area contributed by atoms with Crippen LogP contribution in [0.5, 0.6) is 0 Å². The average Bonchev–Trinajstić information content (AvgIpc) is 3.09. The molecule has 1 amide bonds. The molecule has 0 aliphatic heterocycles. The van der Waals surface area contributed by atoms with Crippen LogP contribution in [0.25, 0.3) is 0 Å². The average molecular weight is 233 g/mol. The van der Waals surface area contributed by atoms with E-state index in [1.165, 1.54) is 0 Å². The highest BCUT2D eigenvalue weighted by Gasteiger charge is 2.45. The summed E-state index contributed by atoms with van der Waals surface area (Å²) in [5.74, 6) is -0.00258. The number of amides is 1. The number of hydrogen-bond donors (Lipinski definition) is 3. The lowest BCUT2D eigenvalue weighted by Crippen LogP contribution is -2.43. The van der Waals surface area contributed by atoms with Crippen LogP contribution in [0.2, 0.25) is 0 Å². The summed E-state index contributed by atoms with van der Waals surface area (Å²) in [6, 6.07) is 10.0. The van der Waals surface area contributed by atoms with Crippen molar-refractivity contribution in [2.24, 2.45) is 5.73 Å². The van der Waals surface area contributed by atoms with Crippen LogP contribution < -0.4 is 16.4 Å². The fourth-order valence-electron chi connectivity index (χ4n) is 1.62. The second kappa shape index (κ2) is 5.19. The Balaban J connectivity index is 1.56. The number of hydrogen-bond acceptors (Lipinski definition) is 3. The highest BCUT2D eigenvalue weighted by molar-refractivity contribution is 5.88. The van der Waals surface area contributed by atoms with Gasteiger partial charge >= 0.3 is 0 Å². The molecule has 0 bridgehead atoms. The van der Waals surface area contributed by atoms with Crippen molar-refractivity contribution in [3.05, 3.63) is 30.3 Å². The Hall–Kier alpha value is -1.55. The largest absolute Gasteiger partial charge is 0.385 e. The highest BCUT2D eigenvalue weighted by Crippen LogP contribution is 2.31. The van der Waals surface area contributed by atoms with Crippen molar-refractivity contribution in [1.82, 2.24) is 5.32 Å². The molecule has 92 valence electrons. The lowest BCUT2D eigenvalue weighted by Gasteiger charge is -2.10. The van der Waals surface area contributed by atoms with Gasteiger partial charge in [0.2, 0.25) is 5.91 Å². The summed E-state index contributed by atoms with van der Waals surface area (Å²) in [6.07, 6.45) is 2.54. The summed E-state index contributed by atoms with van der Waals surface area (Å²) in [6.45, 7) is 1.53. The Morgan fingerprint density at radius 3 is 2.59 bits per heavy atom. The van der Waals surface area contributed by atoms with Crippen LogP contribution in [0, 0.1) is 0 Å². The SMILES string of the molecule is NC1(C(=O)NCCCNc2ccccc2)CC1. The maximum atomic E-state index is 11.5. The van der Waals surface area contributed by atoms with E-state index in [0.29, 0.717) is 6.54 Å². The van der Waals surface area contributed by atoms with Gasteiger partial charge in [-0.2, -0.15) is 0 Å². The van der Waals surface area contributed by atoms with Gasteiger partial charge in [-0.25, -0.2) is 0 Å². The normalized spacial score (nSPS) is 16.3. The molecule has 1 aromatic rings. The molecule has 0 heterocycles. The number of carbonyl (C=O) groups excluding carboxylic acids is 1. The predicted octanol–water partition coefficient (Wildman–Crippen LogP) is 1.10. The fraction of sp³-hybridized carbons (Fsp3) is 0.462. The summed E-state index contributed by atoms with van der Waals surface area (Å²) in [5.41, 5.74) is 6.33. The monoisotopic (exact) mass is 233 g/mol. The summed E-state index contributed by atoms with van der Waals surface area (Å²) < 4.78 is 0. The van der Waals surface area contributed by atoms with Crippen molar-refractivity contribution in [2.75, 3.05) is 18.4 Å². The molecule has 0 radical (unpaired) electrons. The van der Waals surface area contributed by atoms with E-state index in [-0.39, 0.29) is 5.91 Å². The molecular formula is C13H19N3O. The quantitative estimate of drug-likeness (QED) is 0.644. The van der Waals surface area contributed by atoms with Gasteiger partial charge < -0.3 is 16.4 Å². The first-order valence-electron chi connectivity index (χ1n) is 6.07. The molecule has 0 spiro atoms. The molecule has 1 fully saturated rings. The lowest BCUT2D eigenvalue weighted by molar-refractivity contribution is -0.123. The number of rotatable bonds is 6. The van der Waals surface area contributed by atoms with Gasteiger partial charge in [-0.3, -0.25) is 4.79 Å². The van der Waals surface area contributed by atoms with Gasteiger partial charge in [0, 0.05) is 18.8 Å². The van der Waals surface area contributed by atoms with Crippen molar-refractivity contribution in [1.29, 1.82) is 0 Å². The number of carbonyl (C=O) groups is 1. The molecule has 4 nitrogen and oxygen atoms in total. The van der Waals surface area contributed by atoms with E-state index in [2.05, 4.69) is 10.6 Å². The zero-order valence-corrected chi connectivity index (χ0v) is 9.91. The third-order valence-electron chi connectivity index (χ3n) is 2.98. The number of nitrogens with one attached hydrogen (secondary N) is 2. The number of para-hydroxylation sites is 1. The number of benzene rings is 1. The van der Waals surface area contributed by atoms with Crippen LogP contribution in [0.1, 0.15) is 19.3 Å². The molecule has 4 N–H and O–H groups in total. The Morgan fingerprint density at radius 1 is 1.24 bits per heavy atom. The van der Waals surface area contributed by atoms with Gasteiger partial charge in [0.25, 0.3) is 0 Å². The van der Waals surface area contributed by atoms with E-state index >= 15 is 0 Å². The molecule has 17 heavy (non-hydrogen) atoms. The van der Waals surface area contributed by atoms with Crippen LogP contribution in [0.4, 0.5) is 5.69 Å². The van der Waals surface area contributed by atoms with Crippen molar-refractivity contribution < 1.29 is 4.79 Å². The first kappa shape index (κ1) is 11.9. The fourth-order valence-corrected chi connectivity index (χ4v) is 1.62. The van der Waals surface area contributed by atoms with Gasteiger partial charge in [-0.05, 0) is 31.4 Å². The van der Waals surface area contributed by atoms with E-state index < -0.39 is 5.54 Å². The molecule has 0 atom stereocenters. The molecule has 0 saturated heterocycles. The summed E-state index contributed by atoms with van der Waals surface area (Å²) in [4.78, 5) is 11.5. The summed E-state index contributed by atoms with van der Waals surface area (Å²) in [7, 11) is 0. The molecular weight excluding hydrogens is 214 g/mol. The van der Waals surface area contributed by atoms with Crippen LogP contribution in [-0.4, -0.2) is 24.5 Å². The van der Waals surface area contributed by atoms with Crippen LogP contribution >= 0.6 is 0 Å². The Bertz CT molecular complexity index is 374. The van der Waals surface area contributed by atoms with Crippen molar-refractivity contribution >= 4 is 11.6 Å². The highest BCUT2D eigenvalue weighted by atomic mass is 16.2. The molecule has 1 aliphatic carbocycles. The zero-order chi connectivity index (χ0) is 12.1. The minimum absolute atomic E-state index is 0.00258. The molecule has 1 saturated carbocycles. The molecule has 2 rings (SSSR count). The van der Waals surface area contributed by atoms with Crippen molar-refractivity contribution in [3.63, 3.8) is 0 Å². The Kier molecular flexibility index (Phi) is 3.64. The molecule has 1 aliphatic rings. The molecule has 0 unspecified atom stereocenters. The second-order valence-corrected chi connectivity index (χ2v) is 4.56. The minimum Gasteiger partial charge on any atom is -0.385 e. The second-order valence-electron chi connectivity index (χ2n) is 4.56. The maximum Gasteiger partial charge on any atom is 0.240 e. The third kappa shape index (κ3) is 3.46. The first-order valence-corrected chi connectivity index (χ1v) is 6.07. The predicted molar refractivity (Wildman–Crippen MR) is 68.7 cm³/mol. The van der Waals surface area contributed by atoms with Crippen molar-refractivity contribution in [3.8, 4) is 0 Å². The van der Waals surface area contributed by atoms with E-state index in [4.69, 9.17) is 5.73 Å². The van der Waals surface area contributed by atoms with E-state index in [9.17, 15) is 4.79 Å². The van der Waals surface area contributed by atoms with E-state index in [0.717, 1.165) is 31.5 Å². The van der Waals surface area contributed by atoms with Gasteiger partial charge in [-0.15, -0.1) is 0 Å². The Labute approximate surface area is 102 Å². The third-order valence-corrected chi connectivity index (χ3v) is 2.98. The number of nitrogens with two attached hydrogens (primary N) is 1. The summed E-state index contributed by atoms with van der Waals surface area (Å²) in [5, 5.41) is 6.16. The topological polar surface area (TPSA) is 67.2 Å². The van der Waals surface area contributed by atoms with Gasteiger partial charge in [0.05, 0.1) is 5.54 Å². The smallest absolute Gasteiger partial charge is 0.240 e. The maximum absolute atomic E-state index is 11.5. The van der Waals surface area contributed by atoms with Crippen LogP contribution in [-0.2, 0) is 4.79 Å². The summed E-state index contributed by atoms with van der Waals surface area (Å²) >= 11 is 0. The van der Waals surface area contributed by atoms with Crippen LogP contribution in [0.3, 0.4) is 0 Å². The lowest BCUT2D eigenvalue weighted by atomic mass is 10.2. The first-order chi connectivity index (χ1) is 8.21. The van der Waals surface area contributed by atoms with Gasteiger partial charge in [0.15, 0.2) is 0 Å². The van der Waals surface area contributed by atoms with E-state index in [1.54, 1.807) is 0 Å². The number of anilines is 1. The Morgan fingerprint density at radius 2 is 1.94 bits per heavy atom. The molecule has 0 aromatic heterocycles.